The number of ether oxygens (including phenoxy) is 1. The zero-order chi connectivity index (χ0) is 16.4. The van der Waals surface area contributed by atoms with Crippen molar-refractivity contribution >= 4 is 10.8 Å². The highest BCUT2D eigenvalue weighted by atomic mass is 16.5. The Morgan fingerprint density at radius 1 is 0.917 bits per heavy atom. The molecule has 0 unspecified atom stereocenters. The lowest BCUT2D eigenvalue weighted by atomic mass is 10.1. The van der Waals surface area contributed by atoms with Gasteiger partial charge in [0.05, 0.1) is 5.56 Å². The zero-order valence-electron chi connectivity index (χ0n) is 12.7. The van der Waals surface area contributed by atoms with Gasteiger partial charge < -0.3 is 14.4 Å². The molecule has 1 N–H and O–H groups in total. The fourth-order valence-corrected chi connectivity index (χ4v) is 2.54. The molecule has 3 aromatic carbocycles. The van der Waals surface area contributed by atoms with Crippen LogP contribution in [0.3, 0.4) is 0 Å². The topological polar surface area (TPSA) is 68.4 Å². The highest BCUT2D eigenvalue weighted by molar-refractivity contribution is 5.88. The fraction of sp³-hybridized carbons (Fsp3) is 0.0526. The monoisotopic (exact) mass is 318 g/mol. The summed E-state index contributed by atoms with van der Waals surface area (Å²) in [6, 6.07) is 20.7. The van der Waals surface area contributed by atoms with E-state index in [1.165, 1.54) is 0 Å². The predicted molar refractivity (Wildman–Crippen MR) is 89.7 cm³/mol. The number of benzene rings is 3. The van der Waals surface area contributed by atoms with E-state index in [2.05, 4.69) is 10.1 Å². The van der Waals surface area contributed by atoms with Crippen molar-refractivity contribution in [2.24, 2.45) is 0 Å². The number of phenolic OH excluding ortho intramolecular Hbond substituents is 1. The molecule has 118 valence electrons. The number of rotatable bonds is 4. The smallest absolute Gasteiger partial charge is 0.261 e. The number of hydrogen-bond acceptors (Lipinski definition) is 5. The molecule has 0 amide bonds. The van der Waals surface area contributed by atoms with Crippen LogP contribution >= 0.6 is 0 Å². The van der Waals surface area contributed by atoms with Crippen molar-refractivity contribution in [2.75, 3.05) is 0 Å². The van der Waals surface area contributed by atoms with Crippen LogP contribution in [0, 0.1) is 0 Å². The van der Waals surface area contributed by atoms with Gasteiger partial charge in [-0.1, -0.05) is 53.7 Å². The SMILES string of the molecule is Oc1ccccc1-c1nc(COc2cccc3ccccc23)no1. The van der Waals surface area contributed by atoms with Gasteiger partial charge in [-0.25, -0.2) is 0 Å². The van der Waals surface area contributed by atoms with E-state index >= 15 is 0 Å². The third-order valence-electron chi connectivity index (χ3n) is 3.71. The van der Waals surface area contributed by atoms with Crippen molar-refractivity contribution in [1.82, 2.24) is 10.1 Å². The van der Waals surface area contributed by atoms with Gasteiger partial charge in [0.25, 0.3) is 5.89 Å². The van der Waals surface area contributed by atoms with E-state index in [0.29, 0.717) is 11.4 Å². The molecule has 0 aliphatic heterocycles. The maximum Gasteiger partial charge on any atom is 0.261 e. The second-order valence-electron chi connectivity index (χ2n) is 5.30. The van der Waals surface area contributed by atoms with Crippen LogP contribution in [-0.4, -0.2) is 15.2 Å². The quantitative estimate of drug-likeness (QED) is 0.611. The number of para-hydroxylation sites is 1. The first-order valence-electron chi connectivity index (χ1n) is 7.53. The Kier molecular flexibility index (Phi) is 3.59. The molecule has 0 fully saturated rings. The first-order chi connectivity index (χ1) is 11.8. The van der Waals surface area contributed by atoms with E-state index in [0.717, 1.165) is 16.5 Å². The van der Waals surface area contributed by atoms with Gasteiger partial charge in [0.2, 0.25) is 5.82 Å². The zero-order valence-corrected chi connectivity index (χ0v) is 12.7. The molecule has 24 heavy (non-hydrogen) atoms. The van der Waals surface area contributed by atoms with Gasteiger partial charge in [0.1, 0.15) is 11.5 Å². The second-order valence-corrected chi connectivity index (χ2v) is 5.30. The largest absolute Gasteiger partial charge is 0.507 e. The van der Waals surface area contributed by atoms with Crippen LogP contribution < -0.4 is 4.74 Å². The van der Waals surface area contributed by atoms with Gasteiger partial charge in [0.15, 0.2) is 6.61 Å². The molecular weight excluding hydrogens is 304 g/mol. The molecule has 1 heterocycles. The number of hydrogen-bond donors (Lipinski definition) is 1. The van der Waals surface area contributed by atoms with Gasteiger partial charge in [-0.15, -0.1) is 0 Å². The molecule has 0 aliphatic carbocycles. The number of fused-ring (bicyclic) bond motifs is 1. The average Bonchev–Trinajstić information content (AvgIpc) is 3.09. The lowest BCUT2D eigenvalue weighted by Crippen LogP contribution is -1.98. The second kappa shape index (κ2) is 6.04. The molecule has 4 aromatic rings. The van der Waals surface area contributed by atoms with Crippen LogP contribution in [0.4, 0.5) is 0 Å². The van der Waals surface area contributed by atoms with Gasteiger partial charge in [-0.3, -0.25) is 0 Å². The first-order valence-corrected chi connectivity index (χ1v) is 7.53. The van der Waals surface area contributed by atoms with Crippen LogP contribution in [0.5, 0.6) is 11.5 Å². The lowest BCUT2D eigenvalue weighted by Gasteiger charge is -2.07. The molecule has 0 atom stereocenters. The Balaban J connectivity index is 1.56. The summed E-state index contributed by atoms with van der Waals surface area (Å²) < 4.78 is 11.0. The maximum atomic E-state index is 9.84. The van der Waals surface area contributed by atoms with Crippen LogP contribution in [0.25, 0.3) is 22.2 Å². The minimum absolute atomic E-state index is 0.0997. The molecule has 0 spiro atoms. The summed E-state index contributed by atoms with van der Waals surface area (Å²) in [4.78, 5) is 4.27. The maximum absolute atomic E-state index is 9.84. The summed E-state index contributed by atoms with van der Waals surface area (Å²) in [6.07, 6.45) is 0. The molecule has 0 aliphatic rings. The van der Waals surface area contributed by atoms with E-state index in [-0.39, 0.29) is 18.2 Å². The Morgan fingerprint density at radius 2 is 1.71 bits per heavy atom. The predicted octanol–water partition coefficient (Wildman–Crippen LogP) is 4.17. The van der Waals surface area contributed by atoms with Crippen LogP contribution in [0.2, 0.25) is 0 Å². The van der Waals surface area contributed by atoms with Crippen LogP contribution in [0.15, 0.2) is 71.3 Å². The molecule has 4 rings (SSSR count). The van der Waals surface area contributed by atoms with Crippen molar-refractivity contribution in [1.29, 1.82) is 0 Å². The molecule has 0 bridgehead atoms. The van der Waals surface area contributed by atoms with Crippen molar-refractivity contribution in [3.05, 3.63) is 72.6 Å². The van der Waals surface area contributed by atoms with E-state index < -0.39 is 0 Å². The normalized spacial score (nSPS) is 10.8. The van der Waals surface area contributed by atoms with Gasteiger partial charge in [-0.2, -0.15) is 4.98 Å². The standard InChI is InChI=1S/C19H14N2O3/c22-16-10-4-3-9-15(16)19-20-18(21-24-19)12-23-17-11-5-7-13-6-1-2-8-14(13)17/h1-11,22H,12H2. The van der Waals surface area contributed by atoms with Gasteiger partial charge >= 0.3 is 0 Å². The van der Waals surface area contributed by atoms with Crippen LogP contribution in [-0.2, 0) is 6.61 Å². The minimum atomic E-state index is 0.0997. The Morgan fingerprint density at radius 3 is 2.62 bits per heavy atom. The van der Waals surface area contributed by atoms with E-state index in [4.69, 9.17) is 9.26 Å². The van der Waals surface area contributed by atoms with E-state index in [1.807, 2.05) is 42.5 Å². The average molecular weight is 318 g/mol. The van der Waals surface area contributed by atoms with E-state index in [9.17, 15) is 5.11 Å². The highest BCUT2D eigenvalue weighted by Crippen LogP contribution is 2.28. The Labute approximate surface area is 138 Å². The van der Waals surface area contributed by atoms with Crippen molar-refractivity contribution in [3.63, 3.8) is 0 Å². The molecular formula is C19H14N2O3. The summed E-state index contributed by atoms with van der Waals surface area (Å²) in [5.41, 5.74) is 0.501. The first kappa shape index (κ1) is 14.3. The summed E-state index contributed by atoms with van der Waals surface area (Å²) in [7, 11) is 0. The van der Waals surface area contributed by atoms with Crippen LogP contribution in [0.1, 0.15) is 5.82 Å². The fourth-order valence-electron chi connectivity index (χ4n) is 2.54. The van der Waals surface area contributed by atoms with Crippen molar-refractivity contribution in [3.8, 4) is 23.0 Å². The molecule has 1 aromatic heterocycles. The number of aromatic hydroxyl groups is 1. The number of nitrogens with zero attached hydrogens (tertiary/aromatic N) is 2. The third kappa shape index (κ3) is 2.67. The minimum Gasteiger partial charge on any atom is -0.507 e. The molecule has 0 radical (unpaired) electrons. The molecule has 0 saturated heterocycles. The van der Waals surface area contributed by atoms with Crippen molar-refractivity contribution < 1.29 is 14.4 Å². The van der Waals surface area contributed by atoms with E-state index in [1.54, 1.807) is 24.3 Å². The van der Waals surface area contributed by atoms with Crippen molar-refractivity contribution in [2.45, 2.75) is 6.61 Å². The third-order valence-corrected chi connectivity index (χ3v) is 3.71. The number of aromatic nitrogens is 2. The molecule has 5 heteroatoms. The number of phenols is 1. The van der Waals surface area contributed by atoms with Gasteiger partial charge in [0, 0.05) is 5.39 Å². The summed E-state index contributed by atoms with van der Waals surface area (Å²) in [5, 5.41) is 15.9. The highest BCUT2D eigenvalue weighted by Gasteiger charge is 2.13. The van der Waals surface area contributed by atoms with Gasteiger partial charge in [-0.05, 0) is 23.6 Å². The summed E-state index contributed by atoms with van der Waals surface area (Å²) >= 11 is 0. The molecule has 5 nitrogen and oxygen atoms in total. The lowest BCUT2D eigenvalue weighted by molar-refractivity contribution is 0.290. The summed E-state index contributed by atoms with van der Waals surface area (Å²) in [6.45, 7) is 0.186. The Bertz CT molecular complexity index is 989. The Hall–Kier alpha value is -3.34. The molecule has 0 saturated carbocycles. The summed E-state index contributed by atoms with van der Waals surface area (Å²) in [5.74, 6) is 1.55.